The fourth-order valence-corrected chi connectivity index (χ4v) is 4.49. The number of likely N-dealkylation sites (tertiary alicyclic amines) is 2. The molecule has 0 bridgehead atoms. The summed E-state index contributed by atoms with van der Waals surface area (Å²) in [5, 5.41) is 12.3. The zero-order chi connectivity index (χ0) is 24.8. The molecule has 0 radical (unpaired) electrons. The van der Waals surface area contributed by atoms with E-state index in [1.54, 1.807) is 4.90 Å². The Morgan fingerprint density at radius 2 is 1.37 bits per heavy atom. The van der Waals surface area contributed by atoms with Crippen LogP contribution in [0.25, 0.3) is 12.2 Å². The van der Waals surface area contributed by atoms with Crippen molar-refractivity contribution in [2.75, 3.05) is 32.7 Å². The zero-order valence-electron chi connectivity index (χ0n) is 20.5. The molecule has 0 aromatic heterocycles. The van der Waals surface area contributed by atoms with Gasteiger partial charge in [-0.15, -0.1) is 0 Å². The minimum Gasteiger partial charge on any atom is -0.411 e. The molecule has 2 aromatic carbocycles. The number of nitrogens with zero attached hydrogens (tertiary/aromatic N) is 3. The molecular weight excluding hydrogens is 438 g/mol. The van der Waals surface area contributed by atoms with Gasteiger partial charge in [0.15, 0.2) is 5.78 Å². The van der Waals surface area contributed by atoms with Crippen molar-refractivity contribution in [2.45, 2.75) is 33.1 Å². The van der Waals surface area contributed by atoms with E-state index in [0.717, 1.165) is 53.9 Å². The topological polar surface area (TPSA) is 73.2 Å². The maximum absolute atomic E-state index is 13.4. The van der Waals surface area contributed by atoms with Crippen molar-refractivity contribution in [3.8, 4) is 0 Å². The molecule has 0 atom stereocenters. The van der Waals surface area contributed by atoms with Crippen LogP contribution in [0.2, 0.25) is 0 Å². The standard InChI is InChI=1S/C29H33N3O3/c1-21-3-7-23(8-4-21)17-25-19-32(28(33)13-16-31-14-11-27(30-35)12-15-31)20-26(29(25)34)18-24-9-5-22(2)6-10-24/h3-10,17-18,35H,11-16,19-20H2,1-2H3/b25-17+,26-18+. The first kappa shape index (κ1) is 24.6. The third-order valence-electron chi connectivity index (χ3n) is 6.71. The molecule has 0 aliphatic carbocycles. The average Bonchev–Trinajstić information content (AvgIpc) is 2.87. The predicted molar refractivity (Wildman–Crippen MR) is 139 cm³/mol. The molecule has 4 rings (SSSR count). The summed E-state index contributed by atoms with van der Waals surface area (Å²) in [6.07, 6.45) is 5.68. The van der Waals surface area contributed by atoms with Gasteiger partial charge in [0.2, 0.25) is 5.91 Å². The summed E-state index contributed by atoms with van der Waals surface area (Å²) in [5.41, 5.74) is 6.32. The van der Waals surface area contributed by atoms with Gasteiger partial charge in [0.1, 0.15) is 0 Å². The second-order valence-electron chi connectivity index (χ2n) is 9.50. The summed E-state index contributed by atoms with van der Waals surface area (Å²) >= 11 is 0. The number of oxime groups is 1. The summed E-state index contributed by atoms with van der Waals surface area (Å²) < 4.78 is 0. The molecule has 2 fully saturated rings. The van der Waals surface area contributed by atoms with Gasteiger partial charge in [0.05, 0.1) is 5.71 Å². The van der Waals surface area contributed by atoms with E-state index in [-0.39, 0.29) is 11.7 Å². The van der Waals surface area contributed by atoms with Crippen molar-refractivity contribution in [1.29, 1.82) is 0 Å². The van der Waals surface area contributed by atoms with Crippen LogP contribution in [0.5, 0.6) is 0 Å². The minimum absolute atomic E-state index is 0.00190. The second kappa shape index (κ2) is 11.3. The van der Waals surface area contributed by atoms with Gasteiger partial charge in [-0.25, -0.2) is 0 Å². The number of ketones is 1. The van der Waals surface area contributed by atoms with E-state index in [1.807, 2.05) is 74.5 Å². The Kier molecular flexibility index (Phi) is 7.93. The van der Waals surface area contributed by atoms with Gasteiger partial charge >= 0.3 is 0 Å². The molecule has 1 N–H and O–H groups in total. The highest BCUT2D eigenvalue weighted by Crippen LogP contribution is 2.23. The molecule has 182 valence electrons. The van der Waals surface area contributed by atoms with E-state index in [0.29, 0.717) is 37.2 Å². The number of hydrogen-bond acceptors (Lipinski definition) is 5. The van der Waals surface area contributed by atoms with Crippen LogP contribution in [0.15, 0.2) is 64.8 Å². The van der Waals surface area contributed by atoms with E-state index in [1.165, 1.54) is 0 Å². The summed E-state index contributed by atoms with van der Waals surface area (Å²) in [4.78, 5) is 30.6. The van der Waals surface area contributed by atoms with Crippen molar-refractivity contribution in [2.24, 2.45) is 5.16 Å². The van der Waals surface area contributed by atoms with Gasteiger partial charge < -0.3 is 15.0 Å². The smallest absolute Gasteiger partial charge is 0.224 e. The Morgan fingerprint density at radius 3 is 1.83 bits per heavy atom. The zero-order valence-corrected chi connectivity index (χ0v) is 20.5. The van der Waals surface area contributed by atoms with Gasteiger partial charge in [-0.1, -0.05) is 64.8 Å². The summed E-state index contributed by atoms with van der Waals surface area (Å²) in [5.74, 6) is 0.0470. The van der Waals surface area contributed by atoms with Crippen molar-refractivity contribution < 1.29 is 14.8 Å². The van der Waals surface area contributed by atoms with Gasteiger partial charge in [-0.2, -0.15) is 0 Å². The van der Waals surface area contributed by atoms with Crippen molar-refractivity contribution >= 4 is 29.6 Å². The average molecular weight is 472 g/mol. The quantitative estimate of drug-likeness (QED) is 0.396. The van der Waals surface area contributed by atoms with Crippen LogP contribution < -0.4 is 0 Å². The van der Waals surface area contributed by atoms with Gasteiger partial charge in [0, 0.05) is 63.1 Å². The molecular formula is C29H33N3O3. The normalized spacial score (nSPS) is 19.4. The number of rotatable bonds is 5. The predicted octanol–water partition coefficient (Wildman–Crippen LogP) is 4.50. The molecule has 6 heteroatoms. The Balaban J connectivity index is 1.52. The van der Waals surface area contributed by atoms with Crippen LogP contribution in [0.1, 0.15) is 41.5 Å². The minimum atomic E-state index is 0.00190. The number of hydrogen-bond donors (Lipinski definition) is 1. The number of Topliss-reactive ketones (excluding diaryl/α,β-unsaturated/α-hetero) is 1. The largest absolute Gasteiger partial charge is 0.411 e. The number of carbonyl (C=O) groups is 2. The third kappa shape index (κ3) is 6.55. The fourth-order valence-electron chi connectivity index (χ4n) is 4.49. The van der Waals surface area contributed by atoms with Crippen LogP contribution in [0, 0.1) is 13.8 Å². The van der Waals surface area contributed by atoms with Crippen molar-refractivity contribution in [3.05, 3.63) is 81.9 Å². The van der Waals surface area contributed by atoms with Crippen LogP contribution in [-0.2, 0) is 9.59 Å². The Bertz CT molecular complexity index is 1080. The van der Waals surface area contributed by atoms with Crippen LogP contribution in [0.4, 0.5) is 0 Å². The second-order valence-corrected chi connectivity index (χ2v) is 9.50. The molecule has 2 aliphatic rings. The van der Waals surface area contributed by atoms with E-state index in [9.17, 15) is 9.59 Å². The summed E-state index contributed by atoms with van der Waals surface area (Å²) in [6.45, 7) is 6.95. The number of aryl methyl sites for hydroxylation is 2. The lowest BCUT2D eigenvalue weighted by atomic mass is 9.93. The summed E-state index contributed by atoms with van der Waals surface area (Å²) in [7, 11) is 0. The first-order valence-electron chi connectivity index (χ1n) is 12.2. The van der Waals surface area contributed by atoms with Crippen molar-refractivity contribution in [1.82, 2.24) is 9.80 Å². The Hall–Kier alpha value is -3.51. The number of carbonyl (C=O) groups excluding carboxylic acids is 2. The molecule has 2 heterocycles. The van der Waals surface area contributed by atoms with E-state index >= 15 is 0 Å². The van der Waals surface area contributed by atoms with Crippen LogP contribution >= 0.6 is 0 Å². The van der Waals surface area contributed by atoms with E-state index < -0.39 is 0 Å². The highest BCUT2D eigenvalue weighted by atomic mass is 16.4. The maximum atomic E-state index is 13.4. The monoisotopic (exact) mass is 471 g/mol. The van der Waals surface area contributed by atoms with Crippen LogP contribution in [-0.4, -0.2) is 65.1 Å². The SMILES string of the molecule is Cc1ccc(/C=C2\CN(C(=O)CCN3CCC(=NO)CC3)C/C(=C\c3ccc(C)cc3)C2=O)cc1. The first-order valence-corrected chi connectivity index (χ1v) is 12.2. The lowest BCUT2D eigenvalue weighted by Gasteiger charge is -2.32. The number of piperidine rings is 2. The summed E-state index contributed by atoms with van der Waals surface area (Å²) in [6, 6.07) is 16.1. The molecule has 6 nitrogen and oxygen atoms in total. The first-order chi connectivity index (χ1) is 16.9. The molecule has 2 aliphatic heterocycles. The fraction of sp³-hybridized carbons (Fsp3) is 0.345. The van der Waals surface area contributed by atoms with Crippen LogP contribution in [0.3, 0.4) is 0 Å². The Morgan fingerprint density at radius 1 is 0.886 bits per heavy atom. The molecule has 0 saturated carbocycles. The number of benzene rings is 2. The molecule has 1 amide bonds. The lowest BCUT2D eigenvalue weighted by molar-refractivity contribution is -0.131. The lowest BCUT2D eigenvalue weighted by Crippen LogP contribution is -2.43. The molecule has 0 spiro atoms. The Labute approximate surface area is 207 Å². The molecule has 2 aromatic rings. The molecule has 0 unspecified atom stereocenters. The van der Waals surface area contributed by atoms with Gasteiger partial charge in [-0.05, 0) is 37.1 Å². The highest BCUT2D eigenvalue weighted by molar-refractivity contribution is 6.15. The van der Waals surface area contributed by atoms with Crippen molar-refractivity contribution in [3.63, 3.8) is 0 Å². The molecule has 35 heavy (non-hydrogen) atoms. The highest BCUT2D eigenvalue weighted by Gasteiger charge is 2.29. The van der Waals surface area contributed by atoms with Gasteiger partial charge in [0.25, 0.3) is 0 Å². The van der Waals surface area contributed by atoms with E-state index in [4.69, 9.17) is 5.21 Å². The number of amides is 1. The maximum Gasteiger partial charge on any atom is 0.224 e. The van der Waals surface area contributed by atoms with E-state index in [2.05, 4.69) is 10.1 Å². The molecule has 2 saturated heterocycles. The van der Waals surface area contributed by atoms with Gasteiger partial charge in [-0.3, -0.25) is 9.59 Å². The third-order valence-corrected chi connectivity index (χ3v) is 6.71.